The molecule has 0 aromatic heterocycles. The summed E-state index contributed by atoms with van der Waals surface area (Å²) in [6, 6.07) is 0.512. The van der Waals surface area contributed by atoms with Gasteiger partial charge in [0.05, 0.1) is 6.07 Å². The fraction of sp³-hybridized carbons (Fsp3) is 0.556. The molecule has 0 heterocycles. The molecule has 7 nitrogen and oxygen atoms in total. The first-order valence-electron chi connectivity index (χ1n) is 4.58. The summed E-state index contributed by atoms with van der Waals surface area (Å²) in [4.78, 5) is 31.9. The third-order valence-electron chi connectivity index (χ3n) is 1.70. The number of thioether (sulfide) groups is 1. The van der Waals surface area contributed by atoms with E-state index in [4.69, 9.17) is 15.5 Å². The molecular formula is C9H12N2O5S. The number of nitriles is 1. The largest absolute Gasteiger partial charge is 0.480 e. The molecule has 0 radical (unpaired) electrons. The van der Waals surface area contributed by atoms with E-state index in [1.165, 1.54) is 6.92 Å². The first-order valence-corrected chi connectivity index (χ1v) is 5.74. The van der Waals surface area contributed by atoms with E-state index in [0.717, 1.165) is 11.8 Å². The van der Waals surface area contributed by atoms with Crippen molar-refractivity contribution in [2.45, 2.75) is 13.0 Å². The van der Waals surface area contributed by atoms with E-state index in [0.29, 0.717) is 0 Å². The number of carboxylic acids is 2. The lowest BCUT2D eigenvalue weighted by atomic mass is 10.2. The molecule has 2 atom stereocenters. The Balaban J connectivity index is 4.15. The molecule has 0 rings (SSSR count). The maximum absolute atomic E-state index is 10.7. The summed E-state index contributed by atoms with van der Waals surface area (Å²) in [7, 11) is 0. The van der Waals surface area contributed by atoms with Crippen LogP contribution in [0.1, 0.15) is 6.92 Å². The summed E-state index contributed by atoms with van der Waals surface area (Å²) in [6.45, 7) is 1.19. The summed E-state index contributed by atoms with van der Waals surface area (Å²) in [5.41, 5.74) is 0. The van der Waals surface area contributed by atoms with E-state index in [1.807, 2.05) is 0 Å². The lowest BCUT2D eigenvalue weighted by Gasteiger charge is -2.12. The zero-order chi connectivity index (χ0) is 13.4. The number of nitrogens with zero attached hydrogens (tertiary/aromatic N) is 1. The molecule has 0 fully saturated rings. The second-order valence-electron chi connectivity index (χ2n) is 3.15. The zero-order valence-corrected chi connectivity index (χ0v) is 9.86. The van der Waals surface area contributed by atoms with Crippen molar-refractivity contribution in [3.8, 4) is 6.07 Å². The second-order valence-corrected chi connectivity index (χ2v) is 4.22. The van der Waals surface area contributed by atoms with E-state index >= 15 is 0 Å². The third kappa shape index (κ3) is 6.42. The molecule has 3 N–H and O–H groups in total. The van der Waals surface area contributed by atoms with Crippen molar-refractivity contribution < 1.29 is 24.6 Å². The Bertz CT molecular complexity index is 352. The lowest BCUT2D eigenvalue weighted by Crippen LogP contribution is -2.41. The number of carboxylic acid groups (broad SMARTS) is 2. The number of carbonyl (C=O) groups is 3. The summed E-state index contributed by atoms with van der Waals surface area (Å²) < 4.78 is 0. The van der Waals surface area contributed by atoms with Gasteiger partial charge in [-0.15, -0.1) is 0 Å². The molecule has 1 amide bonds. The quantitative estimate of drug-likeness (QED) is 0.564. The molecule has 0 aromatic carbocycles. The molecule has 8 heteroatoms. The highest BCUT2D eigenvalue weighted by molar-refractivity contribution is 7.99. The number of aliphatic carboxylic acids is 2. The minimum atomic E-state index is -1.24. The Morgan fingerprint density at radius 2 is 1.88 bits per heavy atom. The Hall–Kier alpha value is -1.75. The molecule has 0 saturated heterocycles. The van der Waals surface area contributed by atoms with Gasteiger partial charge in [0.15, 0.2) is 5.92 Å². The molecule has 94 valence electrons. The molecule has 0 bridgehead atoms. The number of hydrogen-bond acceptors (Lipinski definition) is 5. The molecule has 0 aliphatic rings. The van der Waals surface area contributed by atoms with Crippen LogP contribution >= 0.6 is 11.8 Å². The maximum Gasteiger partial charge on any atom is 0.327 e. The van der Waals surface area contributed by atoms with Crippen LogP contribution in [-0.4, -0.2) is 45.6 Å². The molecule has 0 spiro atoms. The zero-order valence-electron chi connectivity index (χ0n) is 9.04. The Morgan fingerprint density at radius 3 is 2.24 bits per heavy atom. The maximum atomic E-state index is 10.7. The van der Waals surface area contributed by atoms with Gasteiger partial charge in [-0.2, -0.15) is 17.0 Å². The van der Waals surface area contributed by atoms with Gasteiger partial charge in [-0.3, -0.25) is 9.59 Å². The van der Waals surface area contributed by atoms with Crippen LogP contribution in [0.15, 0.2) is 0 Å². The van der Waals surface area contributed by atoms with Gasteiger partial charge in [0.1, 0.15) is 6.04 Å². The number of hydrogen-bond donors (Lipinski definition) is 3. The van der Waals surface area contributed by atoms with Crippen molar-refractivity contribution in [2.24, 2.45) is 5.92 Å². The second kappa shape index (κ2) is 7.51. The van der Waals surface area contributed by atoms with Gasteiger partial charge in [0.2, 0.25) is 5.91 Å². The van der Waals surface area contributed by atoms with Crippen molar-refractivity contribution >= 4 is 29.6 Å². The monoisotopic (exact) mass is 260 g/mol. The SMILES string of the molecule is CC(=O)N[C@H](CSC[C@H](C#N)C(=O)O)C(=O)O. The Kier molecular flexibility index (Phi) is 6.74. The van der Waals surface area contributed by atoms with E-state index in [1.54, 1.807) is 6.07 Å². The summed E-state index contributed by atoms with van der Waals surface area (Å²) in [6.07, 6.45) is 0. The van der Waals surface area contributed by atoms with Crippen LogP contribution in [0.2, 0.25) is 0 Å². The standard InChI is InChI=1S/C9H12N2O5S/c1-5(12)11-7(9(15)16)4-17-3-6(2-10)8(13)14/h6-7H,3-4H2,1H3,(H,11,12)(H,13,14)(H,15,16)/t6-,7+/m0/s1. The highest BCUT2D eigenvalue weighted by Crippen LogP contribution is 2.10. The lowest BCUT2D eigenvalue weighted by molar-refractivity contribution is -0.140. The minimum Gasteiger partial charge on any atom is -0.480 e. The number of nitrogens with one attached hydrogen (secondary N) is 1. The first kappa shape index (κ1) is 15.2. The van der Waals surface area contributed by atoms with Crippen molar-refractivity contribution in [1.82, 2.24) is 5.32 Å². The van der Waals surface area contributed by atoms with Crippen LogP contribution in [0, 0.1) is 17.2 Å². The average Bonchev–Trinajstić information content (AvgIpc) is 2.21. The Morgan fingerprint density at radius 1 is 1.29 bits per heavy atom. The van der Waals surface area contributed by atoms with Gasteiger partial charge >= 0.3 is 11.9 Å². The van der Waals surface area contributed by atoms with Gasteiger partial charge in [0.25, 0.3) is 0 Å². The van der Waals surface area contributed by atoms with Crippen molar-refractivity contribution in [1.29, 1.82) is 5.26 Å². The predicted octanol–water partition coefficient (Wildman–Crippen LogP) is -0.467. The van der Waals surface area contributed by atoms with Gasteiger partial charge in [-0.25, -0.2) is 4.79 Å². The van der Waals surface area contributed by atoms with Gasteiger partial charge in [0, 0.05) is 18.4 Å². The fourth-order valence-corrected chi connectivity index (χ4v) is 1.94. The highest BCUT2D eigenvalue weighted by atomic mass is 32.2. The fourth-order valence-electron chi connectivity index (χ4n) is 0.888. The number of rotatable bonds is 7. The van der Waals surface area contributed by atoms with Gasteiger partial charge in [-0.1, -0.05) is 0 Å². The molecular weight excluding hydrogens is 248 g/mol. The highest BCUT2D eigenvalue weighted by Gasteiger charge is 2.21. The van der Waals surface area contributed by atoms with Crippen LogP contribution in [0.4, 0.5) is 0 Å². The van der Waals surface area contributed by atoms with E-state index in [-0.39, 0.29) is 11.5 Å². The van der Waals surface area contributed by atoms with Crippen LogP contribution in [0.3, 0.4) is 0 Å². The predicted molar refractivity (Wildman–Crippen MR) is 59.3 cm³/mol. The van der Waals surface area contributed by atoms with Crippen LogP contribution in [-0.2, 0) is 14.4 Å². The molecule has 0 aromatic rings. The van der Waals surface area contributed by atoms with Gasteiger partial charge < -0.3 is 15.5 Å². The molecule has 0 unspecified atom stereocenters. The number of carbonyl (C=O) groups excluding carboxylic acids is 1. The molecule has 17 heavy (non-hydrogen) atoms. The smallest absolute Gasteiger partial charge is 0.327 e. The topological polar surface area (TPSA) is 127 Å². The van der Waals surface area contributed by atoms with Crippen LogP contribution < -0.4 is 5.32 Å². The summed E-state index contributed by atoms with van der Waals surface area (Å²) >= 11 is 0.994. The van der Waals surface area contributed by atoms with Crippen molar-refractivity contribution in [2.75, 3.05) is 11.5 Å². The third-order valence-corrected chi connectivity index (χ3v) is 2.84. The first-order chi connectivity index (χ1) is 7.88. The Labute approximate surface area is 102 Å². The van der Waals surface area contributed by atoms with E-state index < -0.39 is 29.8 Å². The minimum absolute atomic E-state index is 0.0143. The molecule has 0 aliphatic heterocycles. The van der Waals surface area contributed by atoms with Crippen LogP contribution in [0.25, 0.3) is 0 Å². The molecule has 0 aliphatic carbocycles. The van der Waals surface area contributed by atoms with E-state index in [9.17, 15) is 14.4 Å². The van der Waals surface area contributed by atoms with Crippen LogP contribution in [0.5, 0.6) is 0 Å². The number of amides is 1. The summed E-state index contributed by atoms with van der Waals surface area (Å²) in [5.74, 6) is -4.10. The van der Waals surface area contributed by atoms with Gasteiger partial charge in [-0.05, 0) is 0 Å². The molecule has 0 saturated carbocycles. The van der Waals surface area contributed by atoms with Crippen molar-refractivity contribution in [3.63, 3.8) is 0 Å². The normalized spacial score (nSPS) is 13.2. The summed E-state index contributed by atoms with van der Waals surface area (Å²) in [5, 5.41) is 28.0. The van der Waals surface area contributed by atoms with E-state index in [2.05, 4.69) is 5.32 Å². The average molecular weight is 260 g/mol. The van der Waals surface area contributed by atoms with Crippen molar-refractivity contribution in [3.05, 3.63) is 0 Å².